The number of nitro benzene ring substituents is 1. The van der Waals surface area contributed by atoms with Crippen LogP contribution in [0.15, 0.2) is 42.5 Å². The predicted molar refractivity (Wildman–Crippen MR) is 123 cm³/mol. The number of amides is 1. The van der Waals surface area contributed by atoms with Crippen molar-refractivity contribution in [2.75, 3.05) is 11.5 Å². The van der Waals surface area contributed by atoms with Crippen molar-refractivity contribution in [3.8, 4) is 16.9 Å². The second-order valence-electron chi connectivity index (χ2n) is 7.28. The van der Waals surface area contributed by atoms with Crippen LogP contribution >= 0.6 is 32.9 Å². The fourth-order valence-corrected chi connectivity index (χ4v) is 6.99. The molecule has 3 aromatic rings. The van der Waals surface area contributed by atoms with E-state index in [4.69, 9.17) is 17.0 Å². The van der Waals surface area contributed by atoms with Crippen molar-refractivity contribution >= 4 is 50.2 Å². The fourth-order valence-electron chi connectivity index (χ4n) is 3.71. The third kappa shape index (κ3) is 3.23. The van der Waals surface area contributed by atoms with E-state index in [0.29, 0.717) is 33.0 Å². The monoisotopic (exact) mass is 458 g/mol. The van der Waals surface area contributed by atoms with Gasteiger partial charge in [-0.2, -0.15) is 0 Å². The van der Waals surface area contributed by atoms with Crippen molar-refractivity contribution in [1.82, 2.24) is 0 Å². The van der Waals surface area contributed by atoms with E-state index in [1.807, 2.05) is 26.8 Å². The molecule has 2 heterocycles. The number of nitro groups is 1. The van der Waals surface area contributed by atoms with Crippen LogP contribution < -0.4 is 9.64 Å². The van der Waals surface area contributed by atoms with Gasteiger partial charge in [-0.25, -0.2) is 0 Å². The van der Waals surface area contributed by atoms with E-state index >= 15 is 0 Å². The molecule has 1 amide bonds. The highest BCUT2D eigenvalue weighted by atomic mass is 32.9. The second-order valence-corrected chi connectivity index (χ2v) is 10.1. The third-order valence-corrected chi connectivity index (χ3v) is 8.37. The number of hydrogen-bond donors (Lipinski definition) is 0. The number of rotatable bonds is 4. The van der Waals surface area contributed by atoms with E-state index in [1.54, 1.807) is 29.2 Å². The zero-order chi connectivity index (χ0) is 21.6. The third-order valence-electron chi connectivity index (χ3n) is 5.04. The maximum absolute atomic E-state index is 13.7. The van der Waals surface area contributed by atoms with Crippen LogP contribution in [-0.2, 0) is 5.54 Å². The predicted octanol–water partition coefficient (Wildman–Crippen LogP) is 6.41. The van der Waals surface area contributed by atoms with Crippen LogP contribution in [0.4, 0.5) is 11.4 Å². The Balaban J connectivity index is 1.93. The fraction of sp³-hybridized carbons (Fsp3) is 0.238. The minimum atomic E-state index is -0.671. The molecule has 0 fully saturated rings. The van der Waals surface area contributed by atoms with Crippen LogP contribution in [-0.4, -0.2) is 17.4 Å². The first-order chi connectivity index (χ1) is 14.3. The Kier molecular flexibility index (Phi) is 5.21. The van der Waals surface area contributed by atoms with Crippen LogP contribution in [0.1, 0.15) is 36.0 Å². The highest BCUT2D eigenvalue weighted by molar-refractivity contribution is 7.80. The average Bonchev–Trinajstić information content (AvgIpc) is 3.11. The SMILES string of the molecule is CCOc1cccc(C(=O)N2c3ccc([N+](=O)[O-])cc3-c3c(ssc3=S)C2(C)C)c1. The van der Waals surface area contributed by atoms with Crippen LogP contribution in [0.25, 0.3) is 11.1 Å². The molecule has 0 bridgehead atoms. The Morgan fingerprint density at radius 3 is 2.70 bits per heavy atom. The first-order valence-corrected chi connectivity index (χ1v) is 11.8. The number of carbonyl (C=O) groups is 1. The molecule has 1 aromatic heterocycles. The topological polar surface area (TPSA) is 72.7 Å². The van der Waals surface area contributed by atoms with Gasteiger partial charge in [0.25, 0.3) is 11.6 Å². The van der Waals surface area contributed by atoms with E-state index < -0.39 is 10.5 Å². The van der Waals surface area contributed by atoms with Gasteiger partial charge in [-0.3, -0.25) is 19.8 Å². The van der Waals surface area contributed by atoms with E-state index in [1.165, 1.54) is 32.8 Å². The van der Waals surface area contributed by atoms with Crippen molar-refractivity contribution in [2.24, 2.45) is 0 Å². The molecule has 0 radical (unpaired) electrons. The first-order valence-electron chi connectivity index (χ1n) is 9.25. The normalized spacial score (nSPS) is 14.0. The van der Waals surface area contributed by atoms with Crippen molar-refractivity contribution < 1.29 is 14.5 Å². The first kappa shape index (κ1) is 20.6. The Labute approximate surface area is 185 Å². The maximum atomic E-state index is 13.7. The van der Waals surface area contributed by atoms with Gasteiger partial charge in [0, 0.05) is 28.8 Å². The molecule has 6 nitrogen and oxygen atoms in total. The van der Waals surface area contributed by atoms with Gasteiger partial charge < -0.3 is 4.74 Å². The molecule has 1 aliphatic heterocycles. The molecule has 2 aromatic carbocycles. The summed E-state index contributed by atoms with van der Waals surface area (Å²) < 4.78 is 6.23. The van der Waals surface area contributed by atoms with Gasteiger partial charge in [0.15, 0.2) is 0 Å². The molecule has 0 spiro atoms. The van der Waals surface area contributed by atoms with Gasteiger partial charge in [-0.1, -0.05) is 39.0 Å². The Hall–Kier alpha value is -2.62. The Morgan fingerprint density at radius 1 is 1.23 bits per heavy atom. The van der Waals surface area contributed by atoms with Gasteiger partial charge in [0.1, 0.15) is 9.57 Å². The summed E-state index contributed by atoms with van der Waals surface area (Å²) in [5.41, 5.74) is 1.83. The van der Waals surface area contributed by atoms with Crippen molar-refractivity contribution in [3.05, 3.63) is 66.8 Å². The van der Waals surface area contributed by atoms with Crippen LogP contribution in [0.2, 0.25) is 0 Å². The van der Waals surface area contributed by atoms with Crippen molar-refractivity contribution in [2.45, 2.75) is 26.3 Å². The lowest BCUT2D eigenvalue weighted by Crippen LogP contribution is -2.47. The smallest absolute Gasteiger partial charge is 0.270 e. The highest BCUT2D eigenvalue weighted by Crippen LogP contribution is 2.53. The minimum absolute atomic E-state index is 0.0317. The number of anilines is 1. The number of non-ortho nitro benzene ring substituents is 1. The molecule has 9 heteroatoms. The molecule has 0 saturated carbocycles. The number of ether oxygens (including phenoxy) is 1. The molecule has 0 aliphatic carbocycles. The molecule has 0 atom stereocenters. The van der Waals surface area contributed by atoms with Gasteiger partial charge in [-0.05, 0) is 45.0 Å². The highest BCUT2D eigenvalue weighted by Gasteiger charge is 2.43. The summed E-state index contributed by atoms with van der Waals surface area (Å²) in [6, 6.07) is 11.6. The molecule has 4 rings (SSSR count). The van der Waals surface area contributed by atoms with E-state index in [-0.39, 0.29) is 11.6 Å². The largest absolute Gasteiger partial charge is 0.494 e. The van der Waals surface area contributed by atoms with Gasteiger partial charge in [-0.15, -0.1) is 0 Å². The zero-order valence-electron chi connectivity index (χ0n) is 16.5. The van der Waals surface area contributed by atoms with E-state index in [2.05, 4.69) is 0 Å². The Bertz CT molecular complexity index is 1230. The van der Waals surface area contributed by atoms with Crippen LogP contribution in [0, 0.1) is 13.9 Å². The lowest BCUT2D eigenvalue weighted by Gasteiger charge is -2.42. The summed E-state index contributed by atoms with van der Waals surface area (Å²) in [5.74, 6) is 0.417. The zero-order valence-corrected chi connectivity index (χ0v) is 19.0. The summed E-state index contributed by atoms with van der Waals surface area (Å²) in [6.45, 7) is 6.33. The standard InChI is InChI=1S/C21H18N2O4S3/c1-4-27-14-7-5-6-12(10-14)19(24)22-16-9-8-13(23(25)26)11-15(16)17-18(21(22,2)3)29-30-20(17)28/h5-11H,4H2,1-3H3. The van der Waals surface area contributed by atoms with Crippen molar-refractivity contribution in [1.29, 1.82) is 0 Å². The second kappa shape index (κ2) is 7.57. The number of carbonyl (C=O) groups excluding carboxylic acids is 1. The Morgan fingerprint density at radius 2 is 2.00 bits per heavy atom. The van der Waals surface area contributed by atoms with Gasteiger partial charge in [0.05, 0.1) is 27.6 Å². The molecule has 0 unspecified atom stereocenters. The summed E-state index contributed by atoms with van der Waals surface area (Å²) in [5, 5.41) is 11.4. The number of benzene rings is 2. The quantitative estimate of drug-likeness (QED) is 0.195. The summed E-state index contributed by atoms with van der Waals surface area (Å²) in [7, 11) is 2.96. The van der Waals surface area contributed by atoms with Crippen LogP contribution in [0.5, 0.6) is 5.75 Å². The van der Waals surface area contributed by atoms with Gasteiger partial charge in [0.2, 0.25) is 0 Å². The number of fused-ring (bicyclic) bond motifs is 3. The molecule has 1 aliphatic rings. The summed E-state index contributed by atoms with van der Waals surface area (Å²) in [6.07, 6.45) is 0. The van der Waals surface area contributed by atoms with E-state index in [9.17, 15) is 14.9 Å². The lowest BCUT2D eigenvalue weighted by atomic mass is 9.86. The van der Waals surface area contributed by atoms with Crippen molar-refractivity contribution in [3.63, 3.8) is 0 Å². The molecule has 0 saturated heterocycles. The minimum Gasteiger partial charge on any atom is -0.494 e. The average molecular weight is 459 g/mol. The number of nitrogens with zero attached hydrogens (tertiary/aromatic N) is 2. The summed E-state index contributed by atoms with van der Waals surface area (Å²) >= 11 is 5.54. The molecular formula is C21H18N2O4S3. The summed E-state index contributed by atoms with van der Waals surface area (Å²) in [4.78, 5) is 27.3. The molecule has 154 valence electrons. The molecule has 30 heavy (non-hydrogen) atoms. The lowest BCUT2D eigenvalue weighted by molar-refractivity contribution is -0.384. The molecule has 0 N–H and O–H groups in total. The maximum Gasteiger partial charge on any atom is 0.270 e. The van der Waals surface area contributed by atoms with E-state index in [0.717, 1.165) is 10.4 Å². The number of hydrogen-bond acceptors (Lipinski definition) is 7. The molecular weight excluding hydrogens is 440 g/mol. The van der Waals surface area contributed by atoms with Gasteiger partial charge >= 0.3 is 0 Å². The van der Waals surface area contributed by atoms with Crippen LogP contribution in [0.3, 0.4) is 0 Å².